The van der Waals surface area contributed by atoms with Gasteiger partial charge in [0.25, 0.3) is 5.24 Å². The lowest BCUT2D eigenvalue weighted by Gasteiger charge is -2.00. The summed E-state index contributed by atoms with van der Waals surface area (Å²) in [5.41, 5.74) is 2.13. The van der Waals surface area contributed by atoms with E-state index < -0.39 is 5.24 Å². The molecule has 0 radical (unpaired) electrons. The van der Waals surface area contributed by atoms with Crippen molar-refractivity contribution in [3.05, 3.63) is 35.5 Å². The molecule has 17 heavy (non-hydrogen) atoms. The Hall–Kier alpha value is -1.81. The van der Waals surface area contributed by atoms with E-state index in [1.54, 1.807) is 0 Å². The molecule has 0 spiro atoms. The number of carbonyl (C=O) groups is 1. The third-order valence-corrected chi connectivity index (χ3v) is 2.88. The molecule has 0 bridgehead atoms. The lowest BCUT2D eigenvalue weighted by Crippen LogP contribution is -1.85. The Morgan fingerprint density at radius 2 is 2.24 bits per heavy atom. The van der Waals surface area contributed by atoms with E-state index in [1.807, 2.05) is 18.2 Å². The zero-order valence-electron chi connectivity index (χ0n) is 8.77. The lowest BCUT2D eigenvalue weighted by molar-refractivity contribution is 0.107. The number of nitrogens with zero attached hydrogens (tertiary/aromatic N) is 1. The molecule has 0 saturated carbocycles. The van der Waals surface area contributed by atoms with Gasteiger partial charge in [-0.3, -0.25) is 4.79 Å². The van der Waals surface area contributed by atoms with E-state index in [2.05, 4.69) is 5.16 Å². The van der Waals surface area contributed by atoms with Crippen LogP contribution in [0.4, 0.5) is 0 Å². The zero-order chi connectivity index (χ0) is 11.8. The summed E-state index contributed by atoms with van der Waals surface area (Å²) in [5.74, 6) is 1.44. The highest BCUT2D eigenvalue weighted by Crippen LogP contribution is 2.30. The number of rotatable bonds is 2. The molecule has 0 unspecified atom stereocenters. The van der Waals surface area contributed by atoms with Crippen LogP contribution < -0.4 is 4.74 Å². The number of halogens is 1. The van der Waals surface area contributed by atoms with Gasteiger partial charge < -0.3 is 9.26 Å². The fraction of sp³-hybridized carbons (Fsp3) is 0.167. The Bertz CT molecular complexity index is 591. The third kappa shape index (κ3) is 1.80. The number of fused-ring (bicyclic) bond motifs is 1. The second-order valence-electron chi connectivity index (χ2n) is 3.77. The Morgan fingerprint density at radius 1 is 1.35 bits per heavy atom. The first-order chi connectivity index (χ1) is 8.24. The second-order valence-corrected chi connectivity index (χ2v) is 4.11. The number of carbonyl (C=O) groups excluding carboxylic acids is 1. The predicted octanol–water partition coefficient (Wildman–Crippen LogP) is 2.66. The minimum Gasteiger partial charge on any atom is -0.493 e. The van der Waals surface area contributed by atoms with Crippen LogP contribution in [0.1, 0.15) is 16.1 Å². The van der Waals surface area contributed by atoms with Crippen LogP contribution in [-0.4, -0.2) is 17.0 Å². The minimum atomic E-state index is -0.621. The van der Waals surface area contributed by atoms with Gasteiger partial charge in [0, 0.05) is 18.1 Å². The van der Waals surface area contributed by atoms with Gasteiger partial charge in [0.2, 0.25) is 0 Å². The molecule has 3 rings (SSSR count). The summed E-state index contributed by atoms with van der Waals surface area (Å²) in [5, 5.41) is 2.98. The van der Waals surface area contributed by atoms with Crippen molar-refractivity contribution >= 4 is 16.8 Å². The average Bonchev–Trinajstić information content (AvgIpc) is 2.97. The van der Waals surface area contributed by atoms with Crippen molar-refractivity contribution in [2.45, 2.75) is 6.42 Å². The zero-order valence-corrected chi connectivity index (χ0v) is 9.53. The summed E-state index contributed by atoms with van der Waals surface area (Å²) in [4.78, 5) is 10.9. The maximum Gasteiger partial charge on any atom is 0.274 e. The van der Waals surface area contributed by atoms with Crippen molar-refractivity contribution in [2.24, 2.45) is 0 Å². The summed E-state index contributed by atoms with van der Waals surface area (Å²) in [6, 6.07) is 7.27. The number of hydrogen-bond acceptors (Lipinski definition) is 4. The SMILES string of the molecule is O=C(Cl)c1cc(-c2ccc3c(c2)CCO3)on1. The Kier molecular flexibility index (Phi) is 2.37. The van der Waals surface area contributed by atoms with Gasteiger partial charge in [-0.25, -0.2) is 0 Å². The maximum absolute atomic E-state index is 10.9. The molecular formula is C12H8ClNO3. The highest BCUT2D eigenvalue weighted by atomic mass is 35.5. The van der Waals surface area contributed by atoms with E-state index in [0.29, 0.717) is 12.4 Å². The number of benzene rings is 1. The molecule has 0 N–H and O–H groups in total. The maximum atomic E-state index is 10.9. The first-order valence-electron chi connectivity index (χ1n) is 5.17. The molecule has 1 aliphatic rings. The van der Waals surface area contributed by atoms with Gasteiger partial charge in [-0.05, 0) is 35.4 Å². The Balaban J connectivity index is 2.00. The van der Waals surface area contributed by atoms with Crippen molar-refractivity contribution < 1.29 is 14.1 Å². The normalized spacial score (nSPS) is 13.2. The van der Waals surface area contributed by atoms with Crippen LogP contribution >= 0.6 is 11.6 Å². The molecule has 1 aliphatic heterocycles. The molecule has 0 amide bonds. The molecule has 2 aromatic rings. The van der Waals surface area contributed by atoms with Gasteiger partial charge in [-0.15, -0.1) is 0 Å². The minimum absolute atomic E-state index is 0.124. The average molecular weight is 250 g/mol. The van der Waals surface area contributed by atoms with Crippen LogP contribution in [0.2, 0.25) is 0 Å². The summed E-state index contributed by atoms with van der Waals surface area (Å²) in [6.45, 7) is 0.709. The molecule has 0 fully saturated rings. The quantitative estimate of drug-likeness (QED) is 0.768. The van der Waals surface area contributed by atoms with Crippen molar-refractivity contribution in [3.63, 3.8) is 0 Å². The fourth-order valence-corrected chi connectivity index (χ4v) is 1.93. The van der Waals surface area contributed by atoms with E-state index >= 15 is 0 Å². The molecule has 0 atom stereocenters. The highest BCUT2D eigenvalue weighted by Gasteiger charge is 2.16. The molecule has 4 nitrogen and oxygen atoms in total. The van der Waals surface area contributed by atoms with E-state index in [9.17, 15) is 4.79 Å². The first-order valence-corrected chi connectivity index (χ1v) is 5.54. The van der Waals surface area contributed by atoms with Crippen LogP contribution in [0, 0.1) is 0 Å². The number of hydrogen-bond donors (Lipinski definition) is 0. The molecule has 5 heteroatoms. The summed E-state index contributed by atoms with van der Waals surface area (Å²) >= 11 is 5.32. The highest BCUT2D eigenvalue weighted by molar-refractivity contribution is 6.67. The molecular weight excluding hydrogens is 242 g/mol. The van der Waals surface area contributed by atoms with Crippen molar-refractivity contribution in [3.8, 4) is 17.1 Å². The number of ether oxygens (including phenoxy) is 1. The topological polar surface area (TPSA) is 52.3 Å². The monoisotopic (exact) mass is 249 g/mol. The largest absolute Gasteiger partial charge is 0.493 e. The molecule has 0 saturated heterocycles. The number of aromatic nitrogens is 1. The molecule has 2 heterocycles. The van der Waals surface area contributed by atoms with Crippen LogP contribution in [-0.2, 0) is 6.42 Å². The molecule has 0 aliphatic carbocycles. The molecule has 1 aromatic heterocycles. The summed E-state index contributed by atoms with van der Waals surface area (Å²) in [7, 11) is 0. The van der Waals surface area contributed by atoms with Gasteiger partial charge in [-0.2, -0.15) is 0 Å². The second kappa shape index (κ2) is 3.89. The van der Waals surface area contributed by atoms with Crippen LogP contribution in [0.5, 0.6) is 5.75 Å². The van der Waals surface area contributed by atoms with Gasteiger partial charge in [0.1, 0.15) is 5.75 Å². The first kappa shape index (κ1) is 10.4. The summed E-state index contributed by atoms with van der Waals surface area (Å²) in [6.07, 6.45) is 0.888. The van der Waals surface area contributed by atoms with Gasteiger partial charge in [-0.1, -0.05) is 5.16 Å². The predicted molar refractivity (Wildman–Crippen MR) is 61.3 cm³/mol. The van der Waals surface area contributed by atoms with E-state index in [1.165, 1.54) is 6.07 Å². The van der Waals surface area contributed by atoms with Crippen LogP contribution in [0.3, 0.4) is 0 Å². The molecule has 1 aromatic carbocycles. The van der Waals surface area contributed by atoms with Gasteiger partial charge in [0.15, 0.2) is 11.5 Å². The third-order valence-electron chi connectivity index (χ3n) is 2.69. The van der Waals surface area contributed by atoms with Crippen LogP contribution in [0.25, 0.3) is 11.3 Å². The Labute approximate surface area is 102 Å². The van der Waals surface area contributed by atoms with E-state index in [-0.39, 0.29) is 5.69 Å². The van der Waals surface area contributed by atoms with E-state index in [0.717, 1.165) is 23.3 Å². The Morgan fingerprint density at radius 3 is 3.00 bits per heavy atom. The van der Waals surface area contributed by atoms with Crippen molar-refractivity contribution in [1.29, 1.82) is 0 Å². The summed E-state index contributed by atoms with van der Waals surface area (Å²) < 4.78 is 10.5. The van der Waals surface area contributed by atoms with Gasteiger partial charge >= 0.3 is 0 Å². The van der Waals surface area contributed by atoms with Gasteiger partial charge in [0.05, 0.1) is 6.61 Å². The lowest BCUT2D eigenvalue weighted by atomic mass is 10.1. The smallest absolute Gasteiger partial charge is 0.274 e. The van der Waals surface area contributed by atoms with Crippen molar-refractivity contribution in [1.82, 2.24) is 5.16 Å². The standard InChI is InChI=1S/C12H8ClNO3/c13-12(15)9-6-11(17-14-9)7-1-2-10-8(5-7)3-4-16-10/h1-2,5-6H,3-4H2. The van der Waals surface area contributed by atoms with Crippen LogP contribution in [0.15, 0.2) is 28.8 Å². The fourth-order valence-electron chi connectivity index (χ4n) is 1.84. The van der Waals surface area contributed by atoms with Crippen molar-refractivity contribution in [2.75, 3.05) is 6.61 Å². The molecule has 86 valence electrons. The van der Waals surface area contributed by atoms with E-state index in [4.69, 9.17) is 20.9 Å².